The summed E-state index contributed by atoms with van der Waals surface area (Å²) >= 11 is 0. The molecule has 1 fully saturated rings. The molecule has 0 aromatic heterocycles. The third-order valence-corrected chi connectivity index (χ3v) is 5.33. The molecule has 0 bridgehead atoms. The van der Waals surface area contributed by atoms with Crippen LogP contribution in [0.2, 0.25) is 0 Å². The van der Waals surface area contributed by atoms with E-state index in [1.165, 1.54) is 0 Å². The molecule has 2 nitrogen and oxygen atoms in total. The maximum atomic E-state index is 12.0. The molecule has 1 aliphatic rings. The third kappa shape index (κ3) is 2.39. The summed E-state index contributed by atoms with van der Waals surface area (Å²) in [7, 11) is -3.02. The highest BCUT2D eigenvalue weighted by molar-refractivity contribution is 7.58. The van der Waals surface area contributed by atoms with E-state index in [0.29, 0.717) is 6.16 Å². The molecule has 1 aromatic carbocycles. The van der Waals surface area contributed by atoms with Crippen molar-refractivity contribution >= 4 is 7.37 Å². The van der Waals surface area contributed by atoms with Crippen molar-refractivity contribution in [1.29, 1.82) is 0 Å². The van der Waals surface area contributed by atoms with E-state index < -0.39 is 7.37 Å². The molecule has 0 amide bonds. The Morgan fingerprint density at radius 3 is 2.67 bits per heavy atom. The van der Waals surface area contributed by atoms with Crippen LogP contribution in [0, 0.1) is 5.92 Å². The smallest absolute Gasteiger partial charge is 0.208 e. The van der Waals surface area contributed by atoms with Gasteiger partial charge in [-0.2, -0.15) is 0 Å². The Morgan fingerprint density at radius 1 is 1.47 bits per heavy atom. The number of allylic oxidation sites excluding steroid dienone is 1. The summed E-state index contributed by atoms with van der Waals surface area (Å²) in [5.41, 5.74) is 0.897. The van der Waals surface area contributed by atoms with Crippen molar-refractivity contribution < 1.29 is 9.46 Å². The molecule has 0 saturated heterocycles. The molecule has 1 unspecified atom stereocenters. The fraction of sp³-hybridized carbons (Fsp3) is 0.333. The second kappa shape index (κ2) is 3.96. The predicted molar refractivity (Wildman–Crippen MR) is 62.1 cm³/mol. The van der Waals surface area contributed by atoms with Crippen LogP contribution in [-0.4, -0.2) is 10.6 Å². The van der Waals surface area contributed by atoms with Gasteiger partial charge in [0.15, 0.2) is 0 Å². The molecular formula is C12H15O2P. The predicted octanol–water partition coefficient (Wildman–Crippen LogP) is 3.03. The van der Waals surface area contributed by atoms with Crippen molar-refractivity contribution in [2.45, 2.75) is 18.2 Å². The van der Waals surface area contributed by atoms with E-state index in [2.05, 4.69) is 6.58 Å². The zero-order chi connectivity index (χ0) is 10.9. The van der Waals surface area contributed by atoms with E-state index >= 15 is 0 Å². The Labute approximate surface area is 90.1 Å². The topological polar surface area (TPSA) is 37.3 Å². The molecule has 1 saturated carbocycles. The van der Waals surface area contributed by atoms with Gasteiger partial charge in [-0.3, -0.25) is 4.57 Å². The van der Waals surface area contributed by atoms with Gasteiger partial charge in [-0.1, -0.05) is 36.4 Å². The summed E-state index contributed by atoms with van der Waals surface area (Å²) in [5.74, 6) is 0.254. The minimum atomic E-state index is -3.02. The van der Waals surface area contributed by atoms with Crippen LogP contribution in [0.1, 0.15) is 12.0 Å². The van der Waals surface area contributed by atoms with Crippen molar-refractivity contribution in [2.24, 2.45) is 5.92 Å². The average Bonchev–Trinajstić information content (AvgIpc) is 2.98. The number of hydrogen-bond acceptors (Lipinski definition) is 1. The second-order valence-electron chi connectivity index (χ2n) is 4.10. The van der Waals surface area contributed by atoms with E-state index in [1.54, 1.807) is 6.08 Å². The highest BCUT2D eigenvalue weighted by Crippen LogP contribution is 2.63. The molecule has 0 radical (unpaired) electrons. The first-order valence-electron chi connectivity index (χ1n) is 5.11. The molecule has 1 aromatic rings. The molecule has 0 heterocycles. The van der Waals surface area contributed by atoms with Crippen LogP contribution in [-0.2, 0) is 10.7 Å². The number of benzene rings is 1. The van der Waals surface area contributed by atoms with Crippen LogP contribution in [0.15, 0.2) is 43.0 Å². The fourth-order valence-electron chi connectivity index (χ4n) is 1.88. The molecule has 3 heteroatoms. The Kier molecular flexibility index (Phi) is 2.81. The first kappa shape index (κ1) is 10.7. The average molecular weight is 222 g/mol. The summed E-state index contributed by atoms with van der Waals surface area (Å²) < 4.78 is 12.0. The maximum absolute atomic E-state index is 12.0. The number of hydrogen-bond donors (Lipinski definition) is 1. The van der Waals surface area contributed by atoms with Gasteiger partial charge in [-0.25, -0.2) is 0 Å². The van der Waals surface area contributed by atoms with Gasteiger partial charge in [0.1, 0.15) is 0 Å². The Balaban J connectivity index is 2.06. The molecule has 15 heavy (non-hydrogen) atoms. The molecule has 80 valence electrons. The van der Waals surface area contributed by atoms with Gasteiger partial charge >= 0.3 is 0 Å². The summed E-state index contributed by atoms with van der Waals surface area (Å²) in [5, 5.41) is 0. The quantitative estimate of drug-likeness (QED) is 0.628. The van der Waals surface area contributed by atoms with Crippen LogP contribution >= 0.6 is 7.37 Å². The Bertz CT molecular complexity index is 399. The van der Waals surface area contributed by atoms with Crippen LogP contribution in [0.3, 0.4) is 0 Å². The second-order valence-corrected chi connectivity index (χ2v) is 6.59. The highest BCUT2D eigenvalue weighted by Gasteiger charge is 2.47. The van der Waals surface area contributed by atoms with Crippen LogP contribution in [0.25, 0.3) is 0 Å². The largest absolute Gasteiger partial charge is 0.344 e. The normalized spacial score (nSPS) is 28.1. The van der Waals surface area contributed by atoms with Gasteiger partial charge in [-0.15, -0.1) is 6.58 Å². The zero-order valence-electron chi connectivity index (χ0n) is 8.54. The van der Waals surface area contributed by atoms with E-state index in [1.807, 2.05) is 30.3 Å². The molecule has 3 atom stereocenters. The maximum Gasteiger partial charge on any atom is 0.208 e. The van der Waals surface area contributed by atoms with E-state index in [4.69, 9.17) is 0 Å². The minimum Gasteiger partial charge on any atom is -0.344 e. The van der Waals surface area contributed by atoms with Gasteiger partial charge in [0.25, 0.3) is 0 Å². The first-order chi connectivity index (χ1) is 7.13. The summed E-state index contributed by atoms with van der Waals surface area (Å²) in [6.45, 7) is 3.66. The van der Waals surface area contributed by atoms with Crippen molar-refractivity contribution in [3.05, 3.63) is 48.6 Å². The van der Waals surface area contributed by atoms with E-state index in [9.17, 15) is 9.46 Å². The van der Waals surface area contributed by atoms with Crippen molar-refractivity contribution in [3.63, 3.8) is 0 Å². The SMILES string of the molecule is C=C[C@@H]1C[C@@H]1P(=O)(O)Cc1ccccc1. The zero-order valence-corrected chi connectivity index (χ0v) is 9.44. The third-order valence-electron chi connectivity index (χ3n) is 2.88. The van der Waals surface area contributed by atoms with Crippen LogP contribution in [0.5, 0.6) is 0 Å². The van der Waals surface area contributed by atoms with Gasteiger partial charge < -0.3 is 4.89 Å². The molecule has 0 spiro atoms. The van der Waals surface area contributed by atoms with Gasteiger partial charge in [0, 0.05) is 11.8 Å². The lowest BCUT2D eigenvalue weighted by molar-refractivity contribution is 0.474. The lowest BCUT2D eigenvalue weighted by Crippen LogP contribution is -1.94. The highest BCUT2D eigenvalue weighted by atomic mass is 31.2. The van der Waals surface area contributed by atoms with Crippen LogP contribution in [0.4, 0.5) is 0 Å². The lowest BCUT2D eigenvalue weighted by atomic mass is 10.2. The van der Waals surface area contributed by atoms with Crippen molar-refractivity contribution in [3.8, 4) is 0 Å². The van der Waals surface area contributed by atoms with E-state index in [0.717, 1.165) is 12.0 Å². The summed E-state index contributed by atoms with van der Waals surface area (Å²) in [4.78, 5) is 9.92. The van der Waals surface area contributed by atoms with Crippen LogP contribution < -0.4 is 0 Å². The minimum absolute atomic E-state index is 0.0461. The molecule has 1 aliphatic carbocycles. The first-order valence-corrected chi connectivity index (χ1v) is 7.03. The van der Waals surface area contributed by atoms with Crippen molar-refractivity contribution in [2.75, 3.05) is 0 Å². The van der Waals surface area contributed by atoms with Crippen molar-refractivity contribution in [1.82, 2.24) is 0 Å². The monoisotopic (exact) mass is 222 g/mol. The standard InChI is InChI=1S/C12H15O2P/c1-2-11-8-12(11)15(13,14)9-10-6-4-3-5-7-10/h2-7,11-12H,1,8-9H2,(H,13,14)/t11-,12+/m1/s1. The number of rotatable bonds is 4. The van der Waals surface area contributed by atoms with E-state index in [-0.39, 0.29) is 11.6 Å². The summed E-state index contributed by atoms with van der Waals surface area (Å²) in [6.07, 6.45) is 2.91. The fourth-order valence-corrected chi connectivity index (χ4v) is 4.14. The van der Waals surface area contributed by atoms with Gasteiger partial charge in [0.05, 0.1) is 0 Å². The van der Waals surface area contributed by atoms with Gasteiger partial charge in [0.2, 0.25) is 7.37 Å². The molecule has 0 aliphatic heterocycles. The molecule has 1 N–H and O–H groups in total. The Hall–Kier alpha value is -0.850. The van der Waals surface area contributed by atoms with Gasteiger partial charge in [-0.05, 0) is 17.9 Å². The summed E-state index contributed by atoms with van der Waals surface area (Å²) in [6, 6.07) is 9.50. The Morgan fingerprint density at radius 2 is 2.13 bits per heavy atom. The molecular weight excluding hydrogens is 207 g/mol. The lowest BCUT2D eigenvalue weighted by Gasteiger charge is -2.10. The molecule has 2 rings (SSSR count).